The van der Waals surface area contributed by atoms with Gasteiger partial charge in [0.05, 0.1) is 12.3 Å². The highest BCUT2D eigenvalue weighted by Crippen LogP contribution is 2.11. The van der Waals surface area contributed by atoms with E-state index in [1.165, 1.54) is 18.7 Å². The lowest BCUT2D eigenvalue weighted by molar-refractivity contribution is -0.141. The molecule has 1 heterocycles. The second-order valence-corrected chi connectivity index (χ2v) is 4.19. The Labute approximate surface area is 93.2 Å². The quantitative estimate of drug-likeness (QED) is 0.566. The largest absolute Gasteiger partial charge is 0.466 e. The van der Waals surface area contributed by atoms with E-state index in [-0.39, 0.29) is 5.97 Å². The van der Waals surface area contributed by atoms with Crippen molar-refractivity contribution in [1.29, 1.82) is 0 Å². The normalized spacial score (nSPS) is 15.5. The highest BCUT2D eigenvalue weighted by atomic mass is 32.2. The summed E-state index contributed by atoms with van der Waals surface area (Å²) < 4.78 is 4.82. The van der Waals surface area contributed by atoms with Crippen LogP contribution in [0.25, 0.3) is 0 Å². The molecule has 1 rings (SSSR count). The number of hydrogen-bond acceptors (Lipinski definition) is 6. The fraction of sp³-hybridized carbons (Fsp3) is 0.667. The maximum atomic E-state index is 10.5. The molecule has 0 unspecified atom stereocenters. The number of hydrogen-bond donors (Lipinski definition) is 1. The van der Waals surface area contributed by atoms with E-state index in [2.05, 4.69) is 10.2 Å². The zero-order valence-corrected chi connectivity index (χ0v) is 9.55. The maximum absolute atomic E-state index is 10.5. The van der Waals surface area contributed by atoms with Crippen LogP contribution in [0, 0.1) is 0 Å². The molecule has 1 aliphatic heterocycles. The summed E-state index contributed by atoms with van der Waals surface area (Å²) in [5, 5.41) is 8.32. The third kappa shape index (κ3) is 5.41. The van der Waals surface area contributed by atoms with Crippen LogP contribution in [-0.2, 0) is 9.53 Å². The molecule has 84 valence electrons. The van der Waals surface area contributed by atoms with Gasteiger partial charge in [-0.1, -0.05) is 11.8 Å². The predicted octanol–water partition coefficient (Wildman–Crippen LogP) is 1.14. The highest BCUT2D eigenvalue weighted by molar-refractivity contribution is 8.14. The number of unbranched alkanes of at least 4 members (excludes halogenated alkanes) is 1. The number of rotatable bonds is 5. The van der Waals surface area contributed by atoms with E-state index in [4.69, 9.17) is 10.5 Å². The molecule has 0 aliphatic carbocycles. The third-order valence-corrected chi connectivity index (χ3v) is 2.70. The van der Waals surface area contributed by atoms with Gasteiger partial charge in [0.2, 0.25) is 0 Å². The Balaban J connectivity index is 2.08. The van der Waals surface area contributed by atoms with E-state index >= 15 is 0 Å². The Morgan fingerprint density at radius 2 is 2.33 bits per heavy atom. The second kappa shape index (κ2) is 6.44. The molecule has 1 aliphatic rings. The van der Waals surface area contributed by atoms with Crippen molar-refractivity contribution in [3.8, 4) is 0 Å². The van der Waals surface area contributed by atoms with Gasteiger partial charge in [-0.15, -0.1) is 5.10 Å². The van der Waals surface area contributed by atoms with Crippen LogP contribution < -0.4 is 5.73 Å². The molecule has 5 nitrogen and oxygen atoms in total. The van der Waals surface area contributed by atoms with Crippen LogP contribution in [0.3, 0.4) is 0 Å². The molecule has 0 spiro atoms. The van der Waals surface area contributed by atoms with Gasteiger partial charge in [-0.3, -0.25) is 4.79 Å². The smallest absolute Gasteiger partial charge is 0.302 e. The van der Waals surface area contributed by atoms with Crippen LogP contribution in [0.5, 0.6) is 0 Å². The molecular weight excluding hydrogens is 214 g/mol. The van der Waals surface area contributed by atoms with Crippen LogP contribution in [-0.4, -0.2) is 29.2 Å². The standard InChI is InChI=1S/C9H15N3O2S/c1-7(13)14-5-3-2-4-8-6-15-9(10)12-11-8/h2-6H2,1H3,(H2,10,12). The van der Waals surface area contributed by atoms with Crippen molar-refractivity contribution in [2.75, 3.05) is 12.4 Å². The Kier molecular flexibility index (Phi) is 5.17. The van der Waals surface area contributed by atoms with Crippen LogP contribution in [0.15, 0.2) is 10.2 Å². The summed E-state index contributed by atoms with van der Waals surface area (Å²) in [5.74, 6) is 0.598. The second-order valence-electron chi connectivity index (χ2n) is 3.19. The van der Waals surface area contributed by atoms with Gasteiger partial charge >= 0.3 is 5.97 Å². The molecule has 2 N–H and O–H groups in total. The van der Waals surface area contributed by atoms with Crippen molar-refractivity contribution < 1.29 is 9.53 Å². The number of nitrogens with two attached hydrogens (primary N) is 1. The van der Waals surface area contributed by atoms with E-state index in [1.54, 1.807) is 0 Å². The average molecular weight is 229 g/mol. The summed E-state index contributed by atoms with van der Waals surface area (Å²) in [7, 11) is 0. The SMILES string of the molecule is CC(=O)OCCCCC1=NN=C(N)SC1. The molecule has 0 aromatic heterocycles. The van der Waals surface area contributed by atoms with Gasteiger partial charge in [0, 0.05) is 12.7 Å². The van der Waals surface area contributed by atoms with Gasteiger partial charge in [0.15, 0.2) is 5.17 Å². The van der Waals surface area contributed by atoms with Gasteiger partial charge in [-0.2, -0.15) is 5.10 Å². The maximum Gasteiger partial charge on any atom is 0.302 e. The molecule has 0 fully saturated rings. The molecule has 0 bridgehead atoms. The van der Waals surface area contributed by atoms with Crippen LogP contribution >= 0.6 is 11.8 Å². The van der Waals surface area contributed by atoms with E-state index in [9.17, 15) is 4.79 Å². The van der Waals surface area contributed by atoms with Gasteiger partial charge in [0.25, 0.3) is 0 Å². The Bertz CT molecular complexity index is 289. The summed E-state index contributed by atoms with van der Waals surface area (Å²) in [4.78, 5) is 10.5. The van der Waals surface area contributed by atoms with E-state index in [1.807, 2.05) is 0 Å². The highest BCUT2D eigenvalue weighted by Gasteiger charge is 2.07. The third-order valence-electron chi connectivity index (χ3n) is 1.84. The fourth-order valence-electron chi connectivity index (χ4n) is 1.10. The zero-order chi connectivity index (χ0) is 11.1. The summed E-state index contributed by atoms with van der Waals surface area (Å²) in [6, 6.07) is 0. The van der Waals surface area contributed by atoms with E-state index in [0.29, 0.717) is 11.8 Å². The van der Waals surface area contributed by atoms with Crippen LogP contribution in [0.2, 0.25) is 0 Å². The number of ether oxygens (including phenoxy) is 1. The van der Waals surface area contributed by atoms with E-state index in [0.717, 1.165) is 30.7 Å². The van der Waals surface area contributed by atoms with Crippen molar-refractivity contribution in [3.05, 3.63) is 0 Å². The van der Waals surface area contributed by atoms with Crippen molar-refractivity contribution in [1.82, 2.24) is 0 Å². The number of carbonyl (C=O) groups excluding carboxylic acids is 1. The number of thioether (sulfide) groups is 1. The zero-order valence-electron chi connectivity index (χ0n) is 8.73. The minimum absolute atomic E-state index is 0.224. The predicted molar refractivity (Wildman–Crippen MR) is 62.0 cm³/mol. The molecule has 0 aromatic rings. The molecule has 0 radical (unpaired) electrons. The summed E-state index contributed by atoms with van der Waals surface area (Å²) >= 11 is 1.51. The lowest BCUT2D eigenvalue weighted by atomic mass is 10.2. The summed E-state index contributed by atoms with van der Waals surface area (Å²) in [5.41, 5.74) is 6.51. The minimum Gasteiger partial charge on any atom is -0.466 e. The lowest BCUT2D eigenvalue weighted by Crippen LogP contribution is -2.15. The van der Waals surface area contributed by atoms with Crippen molar-refractivity contribution in [3.63, 3.8) is 0 Å². The fourth-order valence-corrected chi connectivity index (χ4v) is 1.72. The van der Waals surface area contributed by atoms with Crippen LogP contribution in [0.1, 0.15) is 26.2 Å². The minimum atomic E-state index is -0.224. The first-order chi connectivity index (χ1) is 7.18. The molecular formula is C9H15N3O2S. The Hall–Kier alpha value is -1.04. The number of nitrogens with zero attached hydrogens (tertiary/aromatic N) is 2. The van der Waals surface area contributed by atoms with Crippen molar-refractivity contribution >= 4 is 28.6 Å². The van der Waals surface area contributed by atoms with Crippen molar-refractivity contribution in [2.45, 2.75) is 26.2 Å². The molecule has 0 atom stereocenters. The van der Waals surface area contributed by atoms with Gasteiger partial charge in [0.1, 0.15) is 0 Å². The van der Waals surface area contributed by atoms with Crippen LogP contribution in [0.4, 0.5) is 0 Å². The first-order valence-corrected chi connectivity index (χ1v) is 5.82. The lowest BCUT2D eigenvalue weighted by Gasteiger charge is -2.08. The molecule has 0 saturated carbocycles. The van der Waals surface area contributed by atoms with Gasteiger partial charge in [-0.25, -0.2) is 0 Å². The number of esters is 1. The summed E-state index contributed by atoms with van der Waals surface area (Å²) in [6.07, 6.45) is 2.72. The molecule has 0 aromatic carbocycles. The molecule has 0 saturated heterocycles. The molecule has 6 heteroatoms. The number of amidine groups is 1. The van der Waals surface area contributed by atoms with Crippen molar-refractivity contribution in [2.24, 2.45) is 15.9 Å². The van der Waals surface area contributed by atoms with E-state index < -0.39 is 0 Å². The Morgan fingerprint density at radius 3 is 2.93 bits per heavy atom. The topological polar surface area (TPSA) is 77.0 Å². The van der Waals surface area contributed by atoms with Gasteiger partial charge in [-0.05, 0) is 19.3 Å². The molecule has 0 amide bonds. The Morgan fingerprint density at radius 1 is 1.53 bits per heavy atom. The first kappa shape index (κ1) is 12.0. The number of carbonyl (C=O) groups is 1. The average Bonchev–Trinajstić information content (AvgIpc) is 2.20. The van der Waals surface area contributed by atoms with Gasteiger partial charge < -0.3 is 10.5 Å². The first-order valence-electron chi connectivity index (χ1n) is 4.83. The molecule has 15 heavy (non-hydrogen) atoms. The summed E-state index contributed by atoms with van der Waals surface area (Å²) in [6.45, 7) is 1.90. The monoisotopic (exact) mass is 229 g/mol.